The lowest BCUT2D eigenvalue weighted by Gasteiger charge is -2.09. The van der Waals surface area contributed by atoms with Gasteiger partial charge in [-0.3, -0.25) is 4.79 Å². The molecule has 1 aliphatic carbocycles. The molecular weight excluding hydrogens is 326 g/mol. The van der Waals surface area contributed by atoms with E-state index in [1.165, 1.54) is 40.6 Å². The highest BCUT2D eigenvalue weighted by atomic mass is 32.2. The van der Waals surface area contributed by atoms with Gasteiger partial charge >= 0.3 is 0 Å². The van der Waals surface area contributed by atoms with Crippen LogP contribution in [-0.2, 0) is 12.8 Å². The molecular formula is C17H19N3OS2. The summed E-state index contributed by atoms with van der Waals surface area (Å²) in [6, 6.07) is 6.13. The maximum Gasteiger partial charge on any atom is 0.206 e. The molecule has 23 heavy (non-hydrogen) atoms. The standard InChI is InChI=1S/C17H19N3OS2/c1-3-9-18-16-19-20-17(23-16)22-11(2)15(21)14-8-7-12-5-4-6-13(12)10-14/h3,7-8,10-11H,1,4-6,9H2,2H3,(H,18,19)/t11-/m0/s1. The van der Waals surface area contributed by atoms with E-state index in [4.69, 9.17) is 0 Å². The number of hydrogen-bond donors (Lipinski definition) is 1. The van der Waals surface area contributed by atoms with Gasteiger partial charge in [0, 0.05) is 12.1 Å². The molecule has 0 unspecified atom stereocenters. The van der Waals surface area contributed by atoms with Gasteiger partial charge in [0.05, 0.1) is 5.25 Å². The number of carbonyl (C=O) groups excluding carboxylic acids is 1. The van der Waals surface area contributed by atoms with Gasteiger partial charge in [0.1, 0.15) is 0 Å². The number of carbonyl (C=O) groups is 1. The highest BCUT2D eigenvalue weighted by Crippen LogP contribution is 2.31. The van der Waals surface area contributed by atoms with E-state index in [9.17, 15) is 4.79 Å². The van der Waals surface area contributed by atoms with Gasteiger partial charge in [-0.2, -0.15) is 0 Å². The van der Waals surface area contributed by atoms with Crippen molar-refractivity contribution in [3.05, 3.63) is 47.5 Å². The molecule has 0 amide bonds. The second-order valence-electron chi connectivity index (χ2n) is 5.50. The Hall–Kier alpha value is -1.66. The van der Waals surface area contributed by atoms with Crippen LogP contribution in [0.25, 0.3) is 0 Å². The zero-order valence-electron chi connectivity index (χ0n) is 13.0. The molecule has 1 heterocycles. The molecule has 2 aromatic rings. The van der Waals surface area contributed by atoms with Crippen LogP contribution in [0.1, 0.15) is 34.8 Å². The topological polar surface area (TPSA) is 54.9 Å². The first-order chi connectivity index (χ1) is 11.2. The molecule has 1 aromatic heterocycles. The normalized spacial score (nSPS) is 14.3. The summed E-state index contributed by atoms with van der Waals surface area (Å²) in [5.74, 6) is 0.153. The average Bonchev–Trinajstić information content (AvgIpc) is 3.20. The van der Waals surface area contributed by atoms with Crippen LogP contribution in [0, 0.1) is 0 Å². The molecule has 1 atom stereocenters. The number of fused-ring (bicyclic) bond motifs is 1. The van der Waals surface area contributed by atoms with E-state index < -0.39 is 0 Å². The molecule has 4 nitrogen and oxygen atoms in total. The highest BCUT2D eigenvalue weighted by Gasteiger charge is 2.20. The van der Waals surface area contributed by atoms with Crippen molar-refractivity contribution in [3.8, 4) is 0 Å². The third-order valence-electron chi connectivity index (χ3n) is 3.83. The first-order valence-corrected chi connectivity index (χ1v) is 9.38. The van der Waals surface area contributed by atoms with Crippen molar-refractivity contribution in [1.82, 2.24) is 10.2 Å². The molecule has 0 bridgehead atoms. The molecule has 1 aromatic carbocycles. The Balaban J connectivity index is 1.65. The third kappa shape index (κ3) is 3.82. The van der Waals surface area contributed by atoms with E-state index in [2.05, 4.69) is 34.2 Å². The summed E-state index contributed by atoms with van der Waals surface area (Å²) < 4.78 is 0.804. The number of hydrogen-bond acceptors (Lipinski definition) is 6. The summed E-state index contributed by atoms with van der Waals surface area (Å²) in [6.45, 7) is 6.24. The van der Waals surface area contributed by atoms with Crippen molar-refractivity contribution < 1.29 is 4.79 Å². The van der Waals surface area contributed by atoms with E-state index in [0.717, 1.165) is 27.9 Å². The fraction of sp³-hybridized carbons (Fsp3) is 0.353. The average molecular weight is 345 g/mol. The van der Waals surface area contributed by atoms with Crippen LogP contribution in [0.15, 0.2) is 35.2 Å². The quantitative estimate of drug-likeness (QED) is 0.467. The smallest absolute Gasteiger partial charge is 0.206 e. The molecule has 0 spiro atoms. The predicted octanol–water partition coefficient (Wildman–Crippen LogP) is 3.99. The van der Waals surface area contributed by atoms with Crippen molar-refractivity contribution in [1.29, 1.82) is 0 Å². The van der Waals surface area contributed by atoms with Crippen LogP contribution in [-0.4, -0.2) is 27.8 Å². The Kier molecular flexibility index (Phi) is 5.13. The van der Waals surface area contributed by atoms with Crippen LogP contribution in [0.4, 0.5) is 5.13 Å². The van der Waals surface area contributed by atoms with Crippen molar-refractivity contribution in [3.63, 3.8) is 0 Å². The molecule has 1 N–H and O–H groups in total. The van der Waals surface area contributed by atoms with E-state index in [1.807, 2.05) is 13.0 Å². The number of aryl methyl sites for hydroxylation is 2. The Morgan fingerprint density at radius 1 is 1.43 bits per heavy atom. The number of anilines is 1. The molecule has 0 saturated carbocycles. The second kappa shape index (κ2) is 7.27. The molecule has 0 fully saturated rings. The Labute approximate surface area is 144 Å². The zero-order valence-corrected chi connectivity index (χ0v) is 14.7. The van der Waals surface area contributed by atoms with Crippen molar-refractivity contribution in [2.75, 3.05) is 11.9 Å². The summed E-state index contributed by atoms with van der Waals surface area (Å²) in [6.07, 6.45) is 5.20. The van der Waals surface area contributed by atoms with Gasteiger partial charge < -0.3 is 5.32 Å². The fourth-order valence-electron chi connectivity index (χ4n) is 2.65. The molecule has 6 heteroatoms. The van der Waals surface area contributed by atoms with Crippen molar-refractivity contribution in [2.24, 2.45) is 0 Å². The molecule has 120 valence electrons. The highest BCUT2D eigenvalue weighted by molar-refractivity contribution is 8.02. The van der Waals surface area contributed by atoms with Gasteiger partial charge in [-0.1, -0.05) is 41.3 Å². The number of nitrogens with one attached hydrogen (secondary N) is 1. The van der Waals surface area contributed by atoms with Crippen LogP contribution in [0.2, 0.25) is 0 Å². The number of benzene rings is 1. The number of thioether (sulfide) groups is 1. The van der Waals surface area contributed by atoms with Gasteiger partial charge in [0.25, 0.3) is 0 Å². The molecule has 3 rings (SSSR count). The first-order valence-electron chi connectivity index (χ1n) is 7.68. The predicted molar refractivity (Wildman–Crippen MR) is 96.7 cm³/mol. The number of aromatic nitrogens is 2. The summed E-state index contributed by atoms with van der Waals surface area (Å²) >= 11 is 2.93. The van der Waals surface area contributed by atoms with Crippen molar-refractivity contribution in [2.45, 2.75) is 35.8 Å². The van der Waals surface area contributed by atoms with Crippen LogP contribution >= 0.6 is 23.1 Å². The number of Topliss-reactive ketones (excluding diaryl/α,β-unsaturated/α-hetero) is 1. The van der Waals surface area contributed by atoms with Gasteiger partial charge in [0.15, 0.2) is 10.1 Å². The van der Waals surface area contributed by atoms with E-state index in [-0.39, 0.29) is 11.0 Å². The van der Waals surface area contributed by atoms with E-state index in [1.54, 1.807) is 6.08 Å². The van der Waals surface area contributed by atoms with Gasteiger partial charge in [0.2, 0.25) is 5.13 Å². The Morgan fingerprint density at radius 2 is 2.26 bits per heavy atom. The minimum Gasteiger partial charge on any atom is -0.357 e. The number of ketones is 1. The summed E-state index contributed by atoms with van der Waals surface area (Å²) in [4.78, 5) is 12.6. The van der Waals surface area contributed by atoms with Gasteiger partial charge in [-0.15, -0.1) is 16.8 Å². The van der Waals surface area contributed by atoms with Gasteiger partial charge in [-0.05, 0) is 43.4 Å². The van der Waals surface area contributed by atoms with Crippen molar-refractivity contribution >= 4 is 34.0 Å². The minimum atomic E-state index is -0.172. The van der Waals surface area contributed by atoms with Gasteiger partial charge in [-0.25, -0.2) is 0 Å². The second-order valence-corrected chi connectivity index (χ2v) is 8.07. The summed E-state index contributed by atoms with van der Waals surface area (Å²) in [5.41, 5.74) is 3.53. The lowest BCUT2D eigenvalue weighted by atomic mass is 10.0. The SMILES string of the molecule is C=CCNc1nnc(S[C@@H](C)C(=O)c2ccc3c(c2)CCC3)s1. The first kappa shape index (κ1) is 16.2. The summed E-state index contributed by atoms with van der Waals surface area (Å²) in [5, 5.41) is 11.9. The third-order valence-corrected chi connectivity index (χ3v) is 5.90. The maximum absolute atomic E-state index is 12.6. The van der Waals surface area contributed by atoms with Crippen LogP contribution in [0.3, 0.4) is 0 Å². The molecule has 0 aliphatic heterocycles. The summed E-state index contributed by atoms with van der Waals surface area (Å²) in [7, 11) is 0. The number of rotatable bonds is 7. The fourth-order valence-corrected chi connectivity index (χ4v) is 4.63. The number of nitrogens with zero attached hydrogens (tertiary/aromatic N) is 2. The lowest BCUT2D eigenvalue weighted by Crippen LogP contribution is -2.13. The van der Waals surface area contributed by atoms with Crippen LogP contribution in [0.5, 0.6) is 0 Å². The molecule has 0 radical (unpaired) electrons. The van der Waals surface area contributed by atoms with Crippen LogP contribution < -0.4 is 5.32 Å². The Morgan fingerprint density at radius 3 is 3.09 bits per heavy atom. The van der Waals surface area contributed by atoms with E-state index >= 15 is 0 Å². The largest absolute Gasteiger partial charge is 0.357 e. The van der Waals surface area contributed by atoms with E-state index in [0.29, 0.717) is 6.54 Å². The minimum absolute atomic E-state index is 0.153. The molecule has 1 aliphatic rings. The monoisotopic (exact) mass is 345 g/mol. The maximum atomic E-state index is 12.6. The molecule has 0 saturated heterocycles. The lowest BCUT2D eigenvalue weighted by molar-refractivity contribution is 0.0994. The zero-order chi connectivity index (χ0) is 16.2. The Bertz CT molecular complexity index is 726.